The van der Waals surface area contributed by atoms with E-state index >= 15 is 0 Å². The minimum atomic E-state index is 0.994. The first-order valence-corrected chi connectivity index (χ1v) is 4.85. The van der Waals surface area contributed by atoms with Gasteiger partial charge in [0.2, 0.25) is 0 Å². The second kappa shape index (κ2) is 2.88. The van der Waals surface area contributed by atoms with E-state index in [1.807, 2.05) is 0 Å². The van der Waals surface area contributed by atoms with Crippen LogP contribution in [0.25, 0.3) is 0 Å². The Kier molecular flexibility index (Phi) is 1.89. The first kappa shape index (κ1) is 7.20. The van der Waals surface area contributed by atoms with E-state index in [9.17, 15) is 0 Å². The molecule has 0 saturated heterocycles. The van der Waals surface area contributed by atoms with Gasteiger partial charge in [-0.25, -0.2) is 0 Å². The van der Waals surface area contributed by atoms with Crippen molar-refractivity contribution in [1.82, 2.24) is 5.32 Å². The van der Waals surface area contributed by atoms with E-state index < -0.39 is 0 Å². The molecule has 1 N–H and O–H groups in total. The van der Waals surface area contributed by atoms with E-state index in [2.05, 4.69) is 12.2 Å². The summed E-state index contributed by atoms with van der Waals surface area (Å²) in [5, 5.41) is 3.48. The first-order valence-electron chi connectivity index (χ1n) is 4.85. The van der Waals surface area contributed by atoms with E-state index in [4.69, 9.17) is 0 Å². The molecule has 62 valence electrons. The molecule has 2 rings (SSSR count). The maximum Gasteiger partial charge on any atom is 0.0181 e. The van der Waals surface area contributed by atoms with Crippen LogP contribution in [-0.4, -0.2) is 6.54 Å². The molecule has 0 bridgehead atoms. The third kappa shape index (κ3) is 1.29. The van der Waals surface area contributed by atoms with Crippen LogP contribution < -0.4 is 5.32 Å². The Bertz CT molecular complexity index is 181. The fraction of sp³-hybridized carbons (Fsp3) is 0.800. The molecule has 0 aromatic rings. The summed E-state index contributed by atoms with van der Waals surface area (Å²) in [6, 6.07) is 0. The van der Waals surface area contributed by atoms with Crippen molar-refractivity contribution in [3.05, 3.63) is 11.3 Å². The molecular weight excluding hydrogens is 134 g/mol. The van der Waals surface area contributed by atoms with Crippen LogP contribution in [0.4, 0.5) is 0 Å². The maximum atomic E-state index is 3.48. The van der Waals surface area contributed by atoms with Crippen molar-refractivity contribution in [2.45, 2.75) is 39.0 Å². The lowest BCUT2D eigenvalue weighted by molar-refractivity contribution is 0.439. The molecule has 11 heavy (non-hydrogen) atoms. The molecule has 1 unspecified atom stereocenters. The number of nitrogens with one attached hydrogen (secondary N) is 1. The van der Waals surface area contributed by atoms with Gasteiger partial charge in [-0.2, -0.15) is 0 Å². The molecule has 2 aliphatic rings. The van der Waals surface area contributed by atoms with Gasteiger partial charge in [0.15, 0.2) is 0 Å². The van der Waals surface area contributed by atoms with Crippen molar-refractivity contribution >= 4 is 0 Å². The lowest BCUT2D eigenvalue weighted by Crippen LogP contribution is -2.12. The molecule has 1 heteroatoms. The molecular formula is C10H17N. The second-order valence-electron chi connectivity index (χ2n) is 3.78. The summed E-state index contributed by atoms with van der Waals surface area (Å²) in [5.74, 6) is 0.994. The lowest BCUT2D eigenvalue weighted by Gasteiger charge is -2.22. The molecule has 1 nitrogen and oxygen atoms in total. The number of allylic oxidation sites excluding steroid dienone is 1. The normalized spacial score (nSPS) is 30.1. The van der Waals surface area contributed by atoms with Crippen LogP contribution in [-0.2, 0) is 0 Å². The zero-order chi connectivity index (χ0) is 7.68. The molecule has 0 radical (unpaired) electrons. The average molecular weight is 151 g/mol. The van der Waals surface area contributed by atoms with Crippen LogP contribution in [0.3, 0.4) is 0 Å². The fourth-order valence-electron chi connectivity index (χ4n) is 2.28. The van der Waals surface area contributed by atoms with Gasteiger partial charge in [-0.1, -0.05) is 13.3 Å². The molecule has 0 fully saturated rings. The number of hydrogen-bond donors (Lipinski definition) is 1. The van der Waals surface area contributed by atoms with Gasteiger partial charge < -0.3 is 5.32 Å². The number of rotatable bonds is 1. The minimum absolute atomic E-state index is 0.994. The zero-order valence-electron chi connectivity index (χ0n) is 7.32. The van der Waals surface area contributed by atoms with E-state index in [0.29, 0.717) is 0 Å². The van der Waals surface area contributed by atoms with Gasteiger partial charge in [0.1, 0.15) is 0 Å². The molecule has 1 atom stereocenters. The zero-order valence-corrected chi connectivity index (χ0v) is 7.32. The topological polar surface area (TPSA) is 12.0 Å². The highest BCUT2D eigenvalue weighted by Gasteiger charge is 2.22. The summed E-state index contributed by atoms with van der Waals surface area (Å²) in [5.41, 5.74) is 3.33. The SMILES string of the molecule is CCC1CCC2=C(CCN2)C1. The third-order valence-corrected chi connectivity index (χ3v) is 3.11. The fourth-order valence-corrected chi connectivity index (χ4v) is 2.28. The van der Waals surface area contributed by atoms with Crippen molar-refractivity contribution in [1.29, 1.82) is 0 Å². The highest BCUT2D eigenvalue weighted by Crippen LogP contribution is 2.33. The van der Waals surface area contributed by atoms with Crippen molar-refractivity contribution in [3.63, 3.8) is 0 Å². The molecule has 0 aromatic heterocycles. The van der Waals surface area contributed by atoms with Crippen LogP contribution in [0.15, 0.2) is 11.3 Å². The molecule has 0 spiro atoms. The Morgan fingerprint density at radius 2 is 2.36 bits per heavy atom. The first-order chi connectivity index (χ1) is 5.40. The summed E-state index contributed by atoms with van der Waals surface area (Å²) in [6.45, 7) is 3.53. The standard InChI is InChI=1S/C10H17N/c1-2-8-3-4-10-9(7-8)5-6-11-10/h8,11H,2-7H2,1H3. The minimum Gasteiger partial charge on any atom is -0.388 e. The Labute approximate surface area is 68.9 Å². The summed E-state index contributed by atoms with van der Waals surface area (Å²) in [4.78, 5) is 0. The van der Waals surface area contributed by atoms with Gasteiger partial charge in [0, 0.05) is 12.2 Å². The van der Waals surface area contributed by atoms with Crippen molar-refractivity contribution < 1.29 is 0 Å². The Balaban J connectivity index is 2.05. The van der Waals surface area contributed by atoms with E-state index in [1.54, 1.807) is 11.3 Å². The lowest BCUT2D eigenvalue weighted by atomic mass is 9.85. The van der Waals surface area contributed by atoms with Gasteiger partial charge in [-0.05, 0) is 37.2 Å². The molecule has 1 aliphatic heterocycles. The molecule has 0 amide bonds. The molecule has 1 aliphatic carbocycles. The predicted octanol–water partition coefficient (Wildman–Crippen LogP) is 2.44. The van der Waals surface area contributed by atoms with E-state index in [0.717, 1.165) is 5.92 Å². The van der Waals surface area contributed by atoms with E-state index in [1.165, 1.54) is 38.6 Å². The van der Waals surface area contributed by atoms with E-state index in [-0.39, 0.29) is 0 Å². The second-order valence-corrected chi connectivity index (χ2v) is 3.78. The van der Waals surface area contributed by atoms with Gasteiger partial charge >= 0.3 is 0 Å². The quantitative estimate of drug-likeness (QED) is 0.607. The number of hydrogen-bond acceptors (Lipinski definition) is 1. The predicted molar refractivity (Wildman–Crippen MR) is 47.3 cm³/mol. The summed E-state index contributed by atoms with van der Waals surface area (Å²) in [7, 11) is 0. The summed E-state index contributed by atoms with van der Waals surface area (Å²) < 4.78 is 0. The molecule has 1 heterocycles. The smallest absolute Gasteiger partial charge is 0.0181 e. The summed E-state index contributed by atoms with van der Waals surface area (Å²) in [6.07, 6.45) is 6.83. The van der Waals surface area contributed by atoms with Gasteiger partial charge in [0.25, 0.3) is 0 Å². The summed E-state index contributed by atoms with van der Waals surface area (Å²) >= 11 is 0. The molecule has 0 aromatic carbocycles. The van der Waals surface area contributed by atoms with Crippen molar-refractivity contribution in [3.8, 4) is 0 Å². The monoisotopic (exact) mass is 151 g/mol. The highest BCUT2D eigenvalue weighted by molar-refractivity contribution is 5.21. The van der Waals surface area contributed by atoms with Crippen LogP contribution in [0.1, 0.15) is 39.0 Å². The van der Waals surface area contributed by atoms with Crippen LogP contribution >= 0.6 is 0 Å². The highest BCUT2D eigenvalue weighted by atomic mass is 14.9. The Morgan fingerprint density at radius 1 is 1.45 bits per heavy atom. The van der Waals surface area contributed by atoms with Crippen LogP contribution in [0, 0.1) is 5.92 Å². The van der Waals surface area contributed by atoms with Gasteiger partial charge in [-0.3, -0.25) is 0 Å². The van der Waals surface area contributed by atoms with Crippen molar-refractivity contribution in [2.75, 3.05) is 6.54 Å². The van der Waals surface area contributed by atoms with Gasteiger partial charge in [0.05, 0.1) is 0 Å². The average Bonchev–Trinajstić information content (AvgIpc) is 2.50. The maximum absolute atomic E-state index is 3.48. The van der Waals surface area contributed by atoms with Crippen LogP contribution in [0.5, 0.6) is 0 Å². The molecule has 0 saturated carbocycles. The Hall–Kier alpha value is -0.460. The van der Waals surface area contributed by atoms with Gasteiger partial charge in [-0.15, -0.1) is 0 Å². The van der Waals surface area contributed by atoms with Crippen molar-refractivity contribution in [2.24, 2.45) is 5.92 Å². The Morgan fingerprint density at radius 3 is 3.18 bits per heavy atom. The third-order valence-electron chi connectivity index (χ3n) is 3.11. The van der Waals surface area contributed by atoms with Crippen LogP contribution in [0.2, 0.25) is 0 Å². The largest absolute Gasteiger partial charge is 0.388 e.